The minimum atomic E-state index is -4.60. The molecule has 0 aliphatic rings. The molecule has 0 bridgehead atoms. The summed E-state index contributed by atoms with van der Waals surface area (Å²) in [6.45, 7) is 1.70. The van der Waals surface area contributed by atoms with Gasteiger partial charge in [-0.25, -0.2) is 9.97 Å². The molecule has 0 aromatic carbocycles. The number of nitrogens with zero attached hydrogens (tertiary/aromatic N) is 3. The van der Waals surface area contributed by atoms with Gasteiger partial charge in [-0.1, -0.05) is 23.4 Å². The van der Waals surface area contributed by atoms with Gasteiger partial charge in [0.05, 0.1) is 11.3 Å². The van der Waals surface area contributed by atoms with Crippen LogP contribution in [0.4, 0.5) is 13.2 Å². The molecule has 2 heterocycles. The van der Waals surface area contributed by atoms with Crippen molar-refractivity contribution in [2.75, 3.05) is 5.75 Å². The van der Waals surface area contributed by atoms with E-state index in [0.29, 0.717) is 11.0 Å². The lowest BCUT2D eigenvalue weighted by atomic mass is 10.2. The standard InChI is InChI=1S/C11H8ClF3N4OS/c1-5-16-10(19-18-5)21-4-7(20)6-2-3-8(11(13,14)15)17-9(6)12/h2-3H,4H2,1H3,(H,16,18,19). The average molecular weight is 337 g/mol. The number of halogens is 4. The van der Waals surface area contributed by atoms with Crippen molar-refractivity contribution >= 4 is 29.1 Å². The van der Waals surface area contributed by atoms with E-state index in [2.05, 4.69) is 20.2 Å². The van der Waals surface area contributed by atoms with Crippen LogP contribution in [0.3, 0.4) is 0 Å². The Morgan fingerprint density at radius 3 is 2.62 bits per heavy atom. The number of H-pyrrole nitrogens is 1. The summed E-state index contributed by atoms with van der Waals surface area (Å²) in [5.41, 5.74) is -1.20. The Bertz CT molecular complexity index is 674. The van der Waals surface area contributed by atoms with Crippen molar-refractivity contribution in [2.24, 2.45) is 0 Å². The first-order valence-corrected chi connectivity index (χ1v) is 6.92. The number of carbonyl (C=O) groups is 1. The van der Waals surface area contributed by atoms with E-state index in [1.54, 1.807) is 6.92 Å². The van der Waals surface area contributed by atoms with Crippen LogP contribution in [0.2, 0.25) is 5.15 Å². The number of aromatic amines is 1. The van der Waals surface area contributed by atoms with Crippen LogP contribution in [0.1, 0.15) is 21.9 Å². The first-order valence-electron chi connectivity index (χ1n) is 5.56. The lowest BCUT2D eigenvalue weighted by Crippen LogP contribution is -2.11. The Hall–Kier alpha value is -1.61. The number of thioether (sulfide) groups is 1. The van der Waals surface area contributed by atoms with Gasteiger partial charge in [-0.15, -0.1) is 5.10 Å². The van der Waals surface area contributed by atoms with Gasteiger partial charge in [0, 0.05) is 0 Å². The highest BCUT2D eigenvalue weighted by molar-refractivity contribution is 7.99. The number of aryl methyl sites for hydroxylation is 1. The third kappa shape index (κ3) is 3.94. The van der Waals surface area contributed by atoms with Crippen LogP contribution in [0.15, 0.2) is 17.3 Å². The van der Waals surface area contributed by atoms with Crippen LogP contribution in [0.25, 0.3) is 0 Å². The van der Waals surface area contributed by atoms with Crippen LogP contribution in [0, 0.1) is 6.92 Å². The zero-order valence-corrected chi connectivity index (χ0v) is 12.1. The summed E-state index contributed by atoms with van der Waals surface area (Å²) in [4.78, 5) is 19.1. The van der Waals surface area contributed by atoms with Crippen LogP contribution in [-0.2, 0) is 6.18 Å². The molecule has 0 saturated carbocycles. The van der Waals surface area contributed by atoms with Gasteiger partial charge in [0.1, 0.15) is 16.7 Å². The first-order chi connectivity index (χ1) is 9.77. The van der Waals surface area contributed by atoms with Crippen LogP contribution >= 0.6 is 23.4 Å². The minimum absolute atomic E-state index is 0.0515. The molecule has 21 heavy (non-hydrogen) atoms. The van der Waals surface area contributed by atoms with Gasteiger partial charge >= 0.3 is 6.18 Å². The molecule has 0 radical (unpaired) electrons. The molecule has 10 heteroatoms. The quantitative estimate of drug-likeness (QED) is 0.527. The molecule has 0 unspecified atom stereocenters. The zero-order valence-electron chi connectivity index (χ0n) is 10.5. The number of ketones is 1. The van der Waals surface area contributed by atoms with E-state index in [1.165, 1.54) is 0 Å². The molecular formula is C11H8ClF3N4OS. The SMILES string of the molecule is Cc1nc(SCC(=O)c2ccc(C(F)(F)F)nc2Cl)n[nH]1. The summed E-state index contributed by atoms with van der Waals surface area (Å²) in [5.74, 6) is 0.0946. The van der Waals surface area contributed by atoms with Crippen LogP contribution in [-0.4, -0.2) is 31.7 Å². The molecule has 2 aromatic heterocycles. The molecule has 2 rings (SSSR count). The fourth-order valence-electron chi connectivity index (χ4n) is 1.39. The van der Waals surface area contributed by atoms with Gasteiger partial charge < -0.3 is 0 Å². The molecule has 0 saturated heterocycles. The maximum atomic E-state index is 12.4. The van der Waals surface area contributed by atoms with Gasteiger partial charge in [0.15, 0.2) is 5.78 Å². The molecule has 5 nitrogen and oxygen atoms in total. The molecular weight excluding hydrogens is 329 g/mol. The van der Waals surface area contributed by atoms with E-state index < -0.39 is 22.8 Å². The van der Waals surface area contributed by atoms with E-state index >= 15 is 0 Å². The molecule has 112 valence electrons. The number of aromatic nitrogens is 4. The number of hydrogen-bond acceptors (Lipinski definition) is 5. The highest BCUT2D eigenvalue weighted by Gasteiger charge is 2.33. The largest absolute Gasteiger partial charge is 0.433 e. The molecule has 2 aromatic rings. The maximum Gasteiger partial charge on any atom is 0.433 e. The summed E-state index contributed by atoms with van der Waals surface area (Å²) in [7, 11) is 0. The fourth-order valence-corrected chi connectivity index (χ4v) is 2.38. The number of alkyl halides is 3. The lowest BCUT2D eigenvalue weighted by molar-refractivity contribution is -0.141. The highest BCUT2D eigenvalue weighted by Crippen LogP contribution is 2.29. The average Bonchev–Trinajstić information content (AvgIpc) is 2.80. The van der Waals surface area contributed by atoms with Crippen molar-refractivity contribution in [3.63, 3.8) is 0 Å². The molecule has 0 spiro atoms. The van der Waals surface area contributed by atoms with Crippen molar-refractivity contribution in [2.45, 2.75) is 18.3 Å². The second kappa shape index (κ2) is 6.02. The van der Waals surface area contributed by atoms with Crippen LogP contribution in [0.5, 0.6) is 0 Å². The van der Waals surface area contributed by atoms with Gasteiger partial charge in [-0.2, -0.15) is 13.2 Å². The highest BCUT2D eigenvalue weighted by atomic mass is 35.5. The van der Waals surface area contributed by atoms with Crippen molar-refractivity contribution in [1.82, 2.24) is 20.2 Å². The zero-order chi connectivity index (χ0) is 15.6. The monoisotopic (exact) mass is 336 g/mol. The Kier molecular flexibility index (Phi) is 4.52. The number of nitrogens with one attached hydrogen (secondary N) is 1. The number of pyridine rings is 1. The van der Waals surface area contributed by atoms with E-state index in [4.69, 9.17) is 11.6 Å². The summed E-state index contributed by atoms with van der Waals surface area (Å²) >= 11 is 6.69. The maximum absolute atomic E-state index is 12.4. The molecule has 0 aliphatic carbocycles. The Morgan fingerprint density at radius 2 is 2.10 bits per heavy atom. The van der Waals surface area contributed by atoms with Gasteiger partial charge in [-0.05, 0) is 19.1 Å². The molecule has 0 fully saturated rings. The number of rotatable bonds is 4. The summed E-state index contributed by atoms with van der Waals surface area (Å²) in [5, 5.41) is 6.34. The third-order valence-corrected chi connectivity index (χ3v) is 3.48. The van der Waals surface area contributed by atoms with E-state index in [0.717, 1.165) is 23.9 Å². The van der Waals surface area contributed by atoms with E-state index in [-0.39, 0.29) is 11.3 Å². The second-order valence-corrected chi connectivity index (χ2v) is 5.25. The van der Waals surface area contributed by atoms with E-state index in [1.807, 2.05) is 0 Å². The lowest BCUT2D eigenvalue weighted by Gasteiger charge is -2.07. The molecule has 0 atom stereocenters. The van der Waals surface area contributed by atoms with Crippen molar-refractivity contribution in [3.8, 4) is 0 Å². The first kappa shape index (κ1) is 15.8. The summed E-state index contributed by atoms with van der Waals surface area (Å²) in [6.07, 6.45) is -4.60. The third-order valence-electron chi connectivity index (χ3n) is 2.35. The van der Waals surface area contributed by atoms with Crippen molar-refractivity contribution in [1.29, 1.82) is 0 Å². The number of carbonyl (C=O) groups excluding carboxylic acids is 1. The van der Waals surface area contributed by atoms with Gasteiger partial charge in [0.25, 0.3) is 0 Å². The molecule has 0 aliphatic heterocycles. The van der Waals surface area contributed by atoms with E-state index in [9.17, 15) is 18.0 Å². The second-order valence-electron chi connectivity index (χ2n) is 3.95. The summed E-state index contributed by atoms with van der Waals surface area (Å²) in [6, 6.07) is 1.74. The van der Waals surface area contributed by atoms with Crippen molar-refractivity contribution in [3.05, 3.63) is 34.4 Å². The fraction of sp³-hybridized carbons (Fsp3) is 0.273. The molecule has 0 amide bonds. The van der Waals surface area contributed by atoms with Crippen LogP contribution < -0.4 is 0 Å². The van der Waals surface area contributed by atoms with Gasteiger partial charge in [-0.3, -0.25) is 9.89 Å². The Morgan fingerprint density at radius 1 is 1.38 bits per heavy atom. The van der Waals surface area contributed by atoms with Gasteiger partial charge in [0.2, 0.25) is 5.16 Å². The normalized spacial score (nSPS) is 11.7. The topological polar surface area (TPSA) is 71.5 Å². The Balaban J connectivity index is 2.09. The Labute approximate surface area is 126 Å². The molecule has 1 N–H and O–H groups in total. The number of hydrogen-bond donors (Lipinski definition) is 1. The van der Waals surface area contributed by atoms with Crippen molar-refractivity contribution < 1.29 is 18.0 Å². The minimum Gasteiger partial charge on any atom is -0.293 e. The number of Topliss-reactive ketones (excluding diaryl/α,β-unsaturated/α-hetero) is 1. The predicted molar refractivity (Wildman–Crippen MR) is 70.4 cm³/mol. The predicted octanol–water partition coefficient (Wildman–Crippen LogP) is 3.16. The summed E-state index contributed by atoms with van der Waals surface area (Å²) < 4.78 is 37.3. The smallest absolute Gasteiger partial charge is 0.293 e.